The lowest BCUT2D eigenvalue weighted by atomic mass is 9.97. The van der Waals surface area contributed by atoms with Crippen molar-refractivity contribution in [3.05, 3.63) is 60.2 Å². The zero-order valence-corrected chi connectivity index (χ0v) is 21.3. The van der Waals surface area contributed by atoms with Crippen LogP contribution in [0.25, 0.3) is 10.9 Å². The van der Waals surface area contributed by atoms with E-state index in [1.807, 2.05) is 36.4 Å². The molecule has 1 N–H and O–H groups in total. The summed E-state index contributed by atoms with van der Waals surface area (Å²) in [7, 11) is -1.84. The summed E-state index contributed by atoms with van der Waals surface area (Å²) < 4.78 is 32.8. The van der Waals surface area contributed by atoms with Crippen LogP contribution in [0.15, 0.2) is 59.5 Å². The molecule has 1 aromatic heterocycles. The van der Waals surface area contributed by atoms with Gasteiger partial charge in [0.25, 0.3) is 0 Å². The van der Waals surface area contributed by atoms with Crippen LogP contribution in [-0.2, 0) is 21.4 Å². The van der Waals surface area contributed by atoms with E-state index in [4.69, 9.17) is 9.72 Å². The number of para-hydroxylation sites is 1. The van der Waals surface area contributed by atoms with Crippen LogP contribution in [0.2, 0.25) is 0 Å². The summed E-state index contributed by atoms with van der Waals surface area (Å²) in [5.41, 5.74) is 1.69. The van der Waals surface area contributed by atoms with Gasteiger partial charge in [-0.2, -0.15) is 4.31 Å². The van der Waals surface area contributed by atoms with E-state index in [0.717, 1.165) is 60.3 Å². The second kappa shape index (κ2) is 10.4. The summed E-state index contributed by atoms with van der Waals surface area (Å²) in [4.78, 5) is 20.2. The molecule has 2 aliphatic rings. The lowest BCUT2D eigenvalue weighted by Gasteiger charge is -2.33. The first-order chi connectivity index (χ1) is 17.5. The van der Waals surface area contributed by atoms with E-state index < -0.39 is 10.0 Å². The highest BCUT2D eigenvalue weighted by Gasteiger charge is 2.28. The number of benzene rings is 2. The predicted molar refractivity (Wildman–Crippen MR) is 140 cm³/mol. The predicted octanol–water partition coefficient (Wildman–Crippen LogP) is 3.56. The minimum absolute atomic E-state index is 0.0307. The van der Waals surface area contributed by atoms with Gasteiger partial charge >= 0.3 is 0 Å². The number of ether oxygens (including phenoxy) is 1. The Balaban J connectivity index is 1.27. The molecular weight excluding hydrogens is 476 g/mol. The fraction of sp³-hybridized carbons (Fsp3) is 0.407. The van der Waals surface area contributed by atoms with E-state index in [9.17, 15) is 13.2 Å². The summed E-state index contributed by atoms with van der Waals surface area (Å²) in [6.07, 6.45) is 3.55. The molecule has 2 aliphatic heterocycles. The Morgan fingerprint density at radius 2 is 1.86 bits per heavy atom. The van der Waals surface area contributed by atoms with Crippen molar-refractivity contribution in [2.75, 3.05) is 38.2 Å². The number of pyridine rings is 1. The van der Waals surface area contributed by atoms with E-state index in [-0.39, 0.29) is 11.8 Å². The van der Waals surface area contributed by atoms with Crippen LogP contribution < -0.4 is 15.0 Å². The van der Waals surface area contributed by atoms with Crippen molar-refractivity contribution in [1.82, 2.24) is 14.6 Å². The van der Waals surface area contributed by atoms with Gasteiger partial charge in [0, 0.05) is 43.7 Å². The maximum Gasteiger partial charge on any atom is 0.243 e. The summed E-state index contributed by atoms with van der Waals surface area (Å²) in [5, 5.41) is 3.86. The van der Waals surface area contributed by atoms with Gasteiger partial charge in [0.2, 0.25) is 15.9 Å². The van der Waals surface area contributed by atoms with Crippen LogP contribution in [0.1, 0.15) is 31.2 Å². The summed E-state index contributed by atoms with van der Waals surface area (Å²) in [6.45, 7) is 3.02. The van der Waals surface area contributed by atoms with Gasteiger partial charge < -0.3 is 15.0 Å². The maximum absolute atomic E-state index is 12.9. The number of nitrogens with zero attached hydrogens (tertiary/aromatic N) is 3. The molecule has 190 valence electrons. The monoisotopic (exact) mass is 508 g/mol. The van der Waals surface area contributed by atoms with Gasteiger partial charge in [-0.15, -0.1) is 0 Å². The number of amides is 1. The van der Waals surface area contributed by atoms with Gasteiger partial charge in [-0.3, -0.25) is 4.79 Å². The third kappa shape index (κ3) is 5.03. The first kappa shape index (κ1) is 24.5. The maximum atomic E-state index is 12.9. The number of anilines is 1. The molecule has 2 saturated heterocycles. The molecule has 0 spiro atoms. The SMILES string of the molecule is COc1ccccc1CNC(=O)C1CCCN(c2ccc3cc(S(=O)(=O)N4CCCC4)ccc3n2)C1. The lowest BCUT2D eigenvalue weighted by Crippen LogP contribution is -2.43. The van der Waals surface area contributed by atoms with Crippen molar-refractivity contribution in [2.45, 2.75) is 37.1 Å². The van der Waals surface area contributed by atoms with Gasteiger partial charge in [0.15, 0.2) is 0 Å². The number of hydrogen-bond acceptors (Lipinski definition) is 6. The molecule has 0 saturated carbocycles. The van der Waals surface area contributed by atoms with E-state index in [1.165, 1.54) is 0 Å². The van der Waals surface area contributed by atoms with Crippen LogP contribution in [0.3, 0.4) is 0 Å². The molecule has 1 amide bonds. The molecule has 36 heavy (non-hydrogen) atoms. The number of nitrogens with one attached hydrogen (secondary N) is 1. The van der Waals surface area contributed by atoms with Crippen molar-refractivity contribution in [3.8, 4) is 5.75 Å². The molecule has 3 heterocycles. The molecule has 1 atom stereocenters. The zero-order chi connectivity index (χ0) is 25.1. The molecule has 8 nitrogen and oxygen atoms in total. The Morgan fingerprint density at radius 1 is 1.06 bits per heavy atom. The molecule has 1 unspecified atom stereocenters. The summed E-state index contributed by atoms with van der Waals surface area (Å²) >= 11 is 0. The van der Waals surface area contributed by atoms with Crippen LogP contribution in [0.5, 0.6) is 5.75 Å². The fourth-order valence-electron chi connectivity index (χ4n) is 5.08. The summed E-state index contributed by atoms with van der Waals surface area (Å²) in [5.74, 6) is 1.47. The number of aromatic nitrogens is 1. The number of rotatable bonds is 7. The van der Waals surface area contributed by atoms with Crippen molar-refractivity contribution in [1.29, 1.82) is 0 Å². The molecule has 0 radical (unpaired) electrons. The van der Waals surface area contributed by atoms with E-state index in [0.29, 0.717) is 31.1 Å². The number of piperidine rings is 1. The van der Waals surface area contributed by atoms with Crippen LogP contribution in [0.4, 0.5) is 5.82 Å². The first-order valence-electron chi connectivity index (χ1n) is 12.5. The Morgan fingerprint density at radius 3 is 2.67 bits per heavy atom. The minimum atomic E-state index is -3.46. The molecular formula is C27H32N4O4S. The first-order valence-corrected chi connectivity index (χ1v) is 14.0. The standard InChI is InChI=1S/C27H32N4O4S/c1-35-25-9-3-2-7-21(25)18-28-27(32)22-8-6-14-30(19-22)26-13-10-20-17-23(11-12-24(20)29-26)36(33,34)31-15-4-5-16-31/h2-3,7,9-13,17,22H,4-6,8,14-16,18-19H2,1H3,(H,28,32). The number of sulfonamides is 1. The molecule has 0 aliphatic carbocycles. The molecule has 9 heteroatoms. The zero-order valence-electron chi connectivity index (χ0n) is 20.5. The van der Waals surface area contributed by atoms with Crippen molar-refractivity contribution < 1.29 is 17.9 Å². The number of carbonyl (C=O) groups excluding carboxylic acids is 1. The minimum Gasteiger partial charge on any atom is -0.496 e. The third-order valence-electron chi connectivity index (χ3n) is 7.11. The summed E-state index contributed by atoms with van der Waals surface area (Å²) in [6, 6.07) is 16.7. The number of carbonyl (C=O) groups is 1. The van der Waals surface area contributed by atoms with Crippen molar-refractivity contribution in [2.24, 2.45) is 5.92 Å². The fourth-order valence-corrected chi connectivity index (χ4v) is 6.63. The van der Waals surface area contributed by atoms with E-state index in [1.54, 1.807) is 29.6 Å². The van der Waals surface area contributed by atoms with Gasteiger partial charge in [-0.05, 0) is 62.1 Å². The van der Waals surface area contributed by atoms with Crippen LogP contribution in [0, 0.1) is 5.92 Å². The molecule has 5 rings (SSSR count). The Bertz CT molecular complexity index is 1350. The van der Waals surface area contributed by atoms with Gasteiger partial charge in [0.1, 0.15) is 11.6 Å². The van der Waals surface area contributed by atoms with Crippen molar-refractivity contribution >= 4 is 32.7 Å². The molecule has 3 aromatic rings. The van der Waals surface area contributed by atoms with E-state index >= 15 is 0 Å². The lowest BCUT2D eigenvalue weighted by molar-refractivity contribution is -0.125. The second-order valence-corrected chi connectivity index (χ2v) is 11.4. The number of methoxy groups -OCH3 is 1. The third-order valence-corrected chi connectivity index (χ3v) is 9.01. The Labute approximate surface area is 212 Å². The molecule has 2 fully saturated rings. The average molecular weight is 509 g/mol. The average Bonchev–Trinajstić information content (AvgIpc) is 3.47. The highest BCUT2D eigenvalue weighted by atomic mass is 32.2. The number of fused-ring (bicyclic) bond motifs is 1. The van der Waals surface area contributed by atoms with E-state index in [2.05, 4.69) is 10.2 Å². The van der Waals surface area contributed by atoms with Gasteiger partial charge in [-0.1, -0.05) is 18.2 Å². The Kier molecular flexibility index (Phi) is 7.11. The smallest absolute Gasteiger partial charge is 0.243 e. The van der Waals surface area contributed by atoms with Gasteiger partial charge in [0.05, 0.1) is 23.4 Å². The topological polar surface area (TPSA) is 91.8 Å². The quantitative estimate of drug-likeness (QED) is 0.525. The largest absolute Gasteiger partial charge is 0.496 e. The Hall–Kier alpha value is -3.17. The highest BCUT2D eigenvalue weighted by Crippen LogP contribution is 2.27. The normalized spacial score (nSPS) is 18.9. The highest BCUT2D eigenvalue weighted by molar-refractivity contribution is 7.89. The molecule has 2 aromatic carbocycles. The number of hydrogen-bond donors (Lipinski definition) is 1. The molecule has 0 bridgehead atoms. The van der Waals surface area contributed by atoms with Crippen LogP contribution in [-0.4, -0.2) is 56.9 Å². The van der Waals surface area contributed by atoms with Crippen LogP contribution >= 0.6 is 0 Å². The van der Waals surface area contributed by atoms with Crippen molar-refractivity contribution in [3.63, 3.8) is 0 Å². The second-order valence-electron chi connectivity index (χ2n) is 9.45. The van der Waals surface area contributed by atoms with Gasteiger partial charge in [-0.25, -0.2) is 13.4 Å².